The van der Waals surface area contributed by atoms with Gasteiger partial charge in [-0.25, -0.2) is 0 Å². The maximum absolute atomic E-state index is 12.9. The second-order valence-corrected chi connectivity index (χ2v) is 6.49. The van der Waals surface area contributed by atoms with Crippen molar-refractivity contribution in [2.75, 3.05) is 6.54 Å². The van der Waals surface area contributed by atoms with Gasteiger partial charge in [-0.05, 0) is 17.7 Å². The van der Waals surface area contributed by atoms with Crippen LogP contribution >= 0.6 is 0 Å². The molecule has 0 saturated carbocycles. The lowest BCUT2D eigenvalue weighted by atomic mass is 10.1. The molecule has 1 saturated heterocycles. The topological polar surface area (TPSA) is 83.1 Å². The number of benzene rings is 1. The smallest absolute Gasteiger partial charge is 0.307 e. The van der Waals surface area contributed by atoms with E-state index < -0.39 is 15.5 Å². The van der Waals surface area contributed by atoms with Gasteiger partial charge in [0.2, 0.25) is 5.91 Å². The second-order valence-electron chi connectivity index (χ2n) is 4.87. The summed E-state index contributed by atoms with van der Waals surface area (Å²) in [6, 6.07) is 5.52. The number of nitrogens with one attached hydrogen (secondary N) is 1. The van der Waals surface area contributed by atoms with Gasteiger partial charge in [0.15, 0.2) is 0 Å². The highest BCUT2D eigenvalue weighted by Crippen LogP contribution is 2.22. The molecule has 0 bridgehead atoms. The molecule has 1 aromatic heterocycles. The molecule has 2 heterocycles. The molecule has 1 aromatic carbocycles. The maximum atomic E-state index is 12.9. The molecule has 0 radical (unpaired) electrons. The van der Waals surface area contributed by atoms with E-state index in [1.165, 1.54) is 4.90 Å². The zero-order valence-corrected chi connectivity index (χ0v) is 11.2. The lowest BCUT2D eigenvalue weighted by Crippen LogP contribution is -2.26. The first-order valence-electron chi connectivity index (χ1n) is 6.07. The number of carbonyl (C=O) groups excluding carboxylic acids is 1. The first kappa shape index (κ1) is 13.0. The molecule has 1 atom stereocenters. The number of amides is 1. The lowest BCUT2D eigenvalue weighted by Gasteiger charge is -2.15. The molecule has 6 nitrogen and oxygen atoms in total. The fourth-order valence-electron chi connectivity index (χ4n) is 2.39. The summed E-state index contributed by atoms with van der Waals surface area (Å²) in [6.45, 7) is 0.174. The molecule has 1 fully saturated rings. The number of rotatable bonds is 3. The van der Waals surface area contributed by atoms with Crippen LogP contribution < -0.4 is 0 Å². The second kappa shape index (κ2) is 4.55. The van der Waals surface area contributed by atoms with Crippen molar-refractivity contribution in [2.24, 2.45) is 0 Å². The quantitative estimate of drug-likeness (QED) is 0.855. The van der Waals surface area contributed by atoms with Gasteiger partial charge in [-0.15, -0.1) is 3.89 Å². The molecule has 1 N–H and O–H groups in total. The highest BCUT2D eigenvalue weighted by Gasteiger charge is 2.38. The van der Waals surface area contributed by atoms with Gasteiger partial charge in [-0.2, -0.15) is 13.5 Å². The number of nitrogens with zero attached hydrogens (tertiary/aromatic N) is 2. The Hall–Kier alpha value is -1.96. The Kier molecular flexibility index (Phi) is 2.97. The summed E-state index contributed by atoms with van der Waals surface area (Å²) in [5.74, 6) is -0.344. The van der Waals surface area contributed by atoms with Crippen molar-refractivity contribution in [2.45, 2.75) is 18.2 Å². The van der Waals surface area contributed by atoms with Crippen molar-refractivity contribution in [3.8, 4) is 0 Å². The molecule has 20 heavy (non-hydrogen) atoms. The van der Waals surface area contributed by atoms with Gasteiger partial charge in [0.25, 0.3) is 0 Å². The summed E-state index contributed by atoms with van der Waals surface area (Å²) in [4.78, 5) is 13.1. The van der Waals surface area contributed by atoms with Crippen molar-refractivity contribution in [3.63, 3.8) is 0 Å². The Balaban J connectivity index is 1.79. The Bertz CT molecular complexity index is 771. The number of likely N-dealkylation sites (tertiary alicyclic amines) is 1. The Morgan fingerprint density at radius 3 is 2.95 bits per heavy atom. The highest BCUT2D eigenvalue weighted by molar-refractivity contribution is 7.87. The molecule has 1 aliphatic rings. The monoisotopic (exact) mass is 297 g/mol. The minimum absolute atomic E-state index is 0.0961. The molecule has 2 aromatic rings. The maximum Gasteiger partial charge on any atom is 0.307 e. The largest absolute Gasteiger partial charge is 0.337 e. The molecular formula is C12H12FN3O3S. The summed E-state index contributed by atoms with van der Waals surface area (Å²) in [5, 5.41) is 6.38. The molecule has 1 unspecified atom stereocenters. The van der Waals surface area contributed by atoms with E-state index in [-0.39, 0.29) is 25.4 Å². The third-order valence-electron chi connectivity index (χ3n) is 3.46. The van der Waals surface area contributed by atoms with Gasteiger partial charge in [0.1, 0.15) is 5.25 Å². The van der Waals surface area contributed by atoms with Gasteiger partial charge in [-0.3, -0.25) is 9.89 Å². The summed E-state index contributed by atoms with van der Waals surface area (Å²) in [7, 11) is -4.66. The van der Waals surface area contributed by atoms with Crippen LogP contribution in [0.4, 0.5) is 3.89 Å². The van der Waals surface area contributed by atoms with Crippen LogP contribution in [0.3, 0.4) is 0 Å². The van der Waals surface area contributed by atoms with Crippen molar-refractivity contribution >= 4 is 27.0 Å². The summed E-state index contributed by atoms with van der Waals surface area (Å²) >= 11 is 0. The van der Waals surface area contributed by atoms with E-state index in [1.807, 2.05) is 18.2 Å². The number of hydrogen-bond donors (Lipinski definition) is 1. The minimum Gasteiger partial charge on any atom is -0.337 e. The van der Waals surface area contributed by atoms with Gasteiger partial charge < -0.3 is 4.90 Å². The van der Waals surface area contributed by atoms with E-state index >= 15 is 0 Å². The van der Waals surface area contributed by atoms with Crippen LogP contribution in [0, 0.1) is 0 Å². The van der Waals surface area contributed by atoms with Crippen molar-refractivity contribution in [1.82, 2.24) is 15.1 Å². The average molecular weight is 297 g/mol. The van der Waals surface area contributed by atoms with E-state index in [0.717, 1.165) is 16.5 Å². The number of aromatic nitrogens is 2. The van der Waals surface area contributed by atoms with Crippen LogP contribution in [0.15, 0.2) is 24.4 Å². The molecule has 1 amide bonds. The first-order valence-corrected chi connectivity index (χ1v) is 7.51. The van der Waals surface area contributed by atoms with Crippen LogP contribution in [0.25, 0.3) is 10.9 Å². The lowest BCUT2D eigenvalue weighted by molar-refractivity contribution is -0.128. The number of halogens is 1. The summed E-state index contributed by atoms with van der Waals surface area (Å²) in [6.07, 6.45) is 1.38. The molecule has 106 valence electrons. The molecule has 8 heteroatoms. The number of fused-ring (bicyclic) bond motifs is 1. The third-order valence-corrected chi connectivity index (χ3v) is 4.57. The SMILES string of the molecule is O=C1CC(S(=O)(=O)F)CN1Cc1ccc2[nH]ncc2c1. The van der Waals surface area contributed by atoms with E-state index in [2.05, 4.69) is 10.2 Å². The van der Waals surface area contributed by atoms with E-state index in [4.69, 9.17) is 0 Å². The molecule has 3 rings (SSSR count). The third kappa shape index (κ3) is 2.38. The van der Waals surface area contributed by atoms with Gasteiger partial charge >= 0.3 is 10.2 Å². The standard InChI is InChI=1S/C12H12FN3O3S/c13-20(18,19)10-4-12(17)16(7-10)6-8-1-2-11-9(3-8)5-14-15-11/h1-3,5,10H,4,6-7H2,(H,14,15). The fourth-order valence-corrected chi connectivity index (χ4v) is 3.09. The van der Waals surface area contributed by atoms with Crippen LogP contribution in [0.5, 0.6) is 0 Å². The van der Waals surface area contributed by atoms with Crippen molar-refractivity contribution in [1.29, 1.82) is 0 Å². The Morgan fingerprint density at radius 1 is 1.45 bits per heavy atom. The molecule has 0 spiro atoms. The van der Waals surface area contributed by atoms with E-state index in [1.54, 1.807) is 6.20 Å². The highest BCUT2D eigenvalue weighted by atomic mass is 32.3. The predicted molar refractivity (Wildman–Crippen MR) is 69.9 cm³/mol. The first-order chi connectivity index (χ1) is 9.43. The van der Waals surface area contributed by atoms with Crippen LogP contribution in [0.1, 0.15) is 12.0 Å². The number of hydrogen-bond acceptors (Lipinski definition) is 4. The summed E-state index contributed by atoms with van der Waals surface area (Å²) < 4.78 is 34.6. The predicted octanol–water partition coefficient (Wildman–Crippen LogP) is 0.963. The van der Waals surface area contributed by atoms with Crippen LogP contribution in [-0.4, -0.2) is 41.2 Å². The van der Waals surface area contributed by atoms with Gasteiger partial charge in [0.05, 0.1) is 11.7 Å². The zero-order chi connectivity index (χ0) is 14.3. The van der Waals surface area contributed by atoms with E-state index in [0.29, 0.717) is 0 Å². The van der Waals surface area contributed by atoms with Crippen LogP contribution in [-0.2, 0) is 21.6 Å². The Morgan fingerprint density at radius 2 is 2.25 bits per heavy atom. The number of H-pyrrole nitrogens is 1. The molecular weight excluding hydrogens is 285 g/mol. The number of carbonyl (C=O) groups is 1. The average Bonchev–Trinajstić information content (AvgIpc) is 2.95. The van der Waals surface area contributed by atoms with Gasteiger partial charge in [0, 0.05) is 24.9 Å². The molecule has 1 aliphatic heterocycles. The van der Waals surface area contributed by atoms with Crippen molar-refractivity contribution in [3.05, 3.63) is 30.0 Å². The minimum atomic E-state index is -4.66. The van der Waals surface area contributed by atoms with Gasteiger partial charge in [-0.1, -0.05) is 6.07 Å². The zero-order valence-electron chi connectivity index (χ0n) is 10.4. The van der Waals surface area contributed by atoms with Crippen molar-refractivity contribution < 1.29 is 17.1 Å². The molecule has 0 aliphatic carbocycles. The Labute approximate surface area is 114 Å². The van der Waals surface area contributed by atoms with E-state index in [9.17, 15) is 17.1 Å². The normalized spacial score (nSPS) is 19.9. The van der Waals surface area contributed by atoms with Crippen LogP contribution in [0.2, 0.25) is 0 Å². The summed E-state index contributed by atoms with van der Waals surface area (Å²) in [5.41, 5.74) is 1.73. The fraction of sp³-hybridized carbons (Fsp3) is 0.333. The number of aromatic amines is 1.